The Kier molecular flexibility index (Phi) is 8.15. The smallest absolute Gasteiger partial charge is 0.220 e. The molecule has 1 unspecified atom stereocenters. The summed E-state index contributed by atoms with van der Waals surface area (Å²) in [6.07, 6.45) is 2.73. The maximum atomic E-state index is 10.8. The van der Waals surface area contributed by atoms with Gasteiger partial charge in [-0.05, 0) is 23.8 Å². The third-order valence-corrected chi connectivity index (χ3v) is 2.94. The first-order chi connectivity index (χ1) is 10.9. The molecule has 23 heavy (non-hydrogen) atoms. The largest absolute Gasteiger partial charge is 0.493 e. The number of aliphatic hydroxyl groups excluding tert-OH is 1. The van der Waals surface area contributed by atoms with Gasteiger partial charge < -0.3 is 25.2 Å². The zero-order valence-corrected chi connectivity index (χ0v) is 14.1. The summed E-state index contributed by atoms with van der Waals surface area (Å²) in [5.41, 5.74) is 0.866. The fourth-order valence-electron chi connectivity index (χ4n) is 1.78. The molecule has 1 rings (SSSR count). The van der Waals surface area contributed by atoms with Gasteiger partial charge in [0.1, 0.15) is 12.7 Å². The SMILES string of the molecule is COc1cc(/C=C/NC(C)=O)ccc1OCC(O)CNC(C)C. The van der Waals surface area contributed by atoms with E-state index in [0.717, 1.165) is 5.56 Å². The maximum absolute atomic E-state index is 10.8. The van der Waals surface area contributed by atoms with E-state index in [4.69, 9.17) is 9.47 Å². The number of carbonyl (C=O) groups excluding carboxylic acids is 1. The van der Waals surface area contributed by atoms with Gasteiger partial charge in [-0.3, -0.25) is 4.79 Å². The first-order valence-corrected chi connectivity index (χ1v) is 7.58. The van der Waals surface area contributed by atoms with Crippen LogP contribution in [0.1, 0.15) is 26.3 Å². The lowest BCUT2D eigenvalue weighted by Gasteiger charge is -2.16. The van der Waals surface area contributed by atoms with Crippen LogP contribution in [0.2, 0.25) is 0 Å². The van der Waals surface area contributed by atoms with Crippen molar-refractivity contribution in [2.45, 2.75) is 32.9 Å². The summed E-state index contributed by atoms with van der Waals surface area (Å²) in [7, 11) is 1.56. The summed E-state index contributed by atoms with van der Waals surface area (Å²) in [5, 5.41) is 15.6. The second-order valence-corrected chi connectivity index (χ2v) is 5.47. The van der Waals surface area contributed by atoms with Gasteiger partial charge in [-0.2, -0.15) is 0 Å². The molecule has 0 fully saturated rings. The van der Waals surface area contributed by atoms with Crippen LogP contribution in [0.15, 0.2) is 24.4 Å². The van der Waals surface area contributed by atoms with Crippen LogP contribution in [-0.4, -0.2) is 43.4 Å². The van der Waals surface area contributed by atoms with Crippen molar-refractivity contribution >= 4 is 12.0 Å². The predicted octanol–water partition coefficient (Wildman–Crippen LogP) is 1.54. The Balaban J connectivity index is 2.62. The number of aliphatic hydroxyl groups is 1. The van der Waals surface area contributed by atoms with Crippen LogP contribution in [0.5, 0.6) is 11.5 Å². The van der Waals surface area contributed by atoms with Crippen molar-refractivity contribution in [2.75, 3.05) is 20.3 Å². The van der Waals surface area contributed by atoms with Gasteiger partial charge in [0.2, 0.25) is 5.91 Å². The molecule has 0 aliphatic carbocycles. The van der Waals surface area contributed by atoms with Gasteiger partial charge in [-0.15, -0.1) is 0 Å². The molecule has 0 aromatic heterocycles. The molecule has 1 atom stereocenters. The van der Waals surface area contributed by atoms with Gasteiger partial charge >= 0.3 is 0 Å². The molecule has 0 bridgehead atoms. The molecule has 3 N–H and O–H groups in total. The number of amides is 1. The minimum Gasteiger partial charge on any atom is -0.493 e. The van der Waals surface area contributed by atoms with E-state index in [0.29, 0.717) is 24.1 Å². The van der Waals surface area contributed by atoms with Crippen LogP contribution in [-0.2, 0) is 4.79 Å². The Morgan fingerprint density at radius 2 is 2.09 bits per heavy atom. The molecule has 1 amide bonds. The fourth-order valence-corrected chi connectivity index (χ4v) is 1.78. The highest BCUT2D eigenvalue weighted by Gasteiger charge is 2.09. The van der Waals surface area contributed by atoms with Crippen molar-refractivity contribution < 1.29 is 19.4 Å². The Morgan fingerprint density at radius 1 is 1.35 bits per heavy atom. The number of nitrogens with one attached hydrogen (secondary N) is 2. The average Bonchev–Trinajstić information content (AvgIpc) is 2.51. The van der Waals surface area contributed by atoms with Crippen molar-refractivity contribution in [1.82, 2.24) is 10.6 Å². The van der Waals surface area contributed by atoms with Crippen LogP contribution in [0.25, 0.3) is 6.08 Å². The van der Waals surface area contributed by atoms with E-state index >= 15 is 0 Å². The van der Waals surface area contributed by atoms with Crippen LogP contribution < -0.4 is 20.1 Å². The highest BCUT2D eigenvalue weighted by Crippen LogP contribution is 2.28. The van der Waals surface area contributed by atoms with Gasteiger partial charge in [0.15, 0.2) is 11.5 Å². The predicted molar refractivity (Wildman–Crippen MR) is 90.5 cm³/mol. The Morgan fingerprint density at radius 3 is 2.70 bits per heavy atom. The molecule has 0 saturated heterocycles. The van der Waals surface area contributed by atoms with Crippen molar-refractivity contribution in [3.8, 4) is 11.5 Å². The molecule has 1 aromatic rings. The standard InChI is InChI=1S/C17H26N2O4/c1-12(2)19-10-15(21)11-23-16-6-5-14(9-17(16)22-4)7-8-18-13(3)20/h5-9,12,15,19,21H,10-11H2,1-4H3,(H,18,20)/b8-7+. The maximum Gasteiger partial charge on any atom is 0.220 e. The van der Waals surface area contributed by atoms with Gasteiger partial charge in [0, 0.05) is 25.7 Å². The third-order valence-electron chi connectivity index (χ3n) is 2.94. The number of ether oxygens (including phenoxy) is 2. The minimum atomic E-state index is -0.596. The highest BCUT2D eigenvalue weighted by molar-refractivity contribution is 5.75. The molecule has 0 heterocycles. The second-order valence-electron chi connectivity index (χ2n) is 5.47. The summed E-state index contributed by atoms with van der Waals surface area (Å²) >= 11 is 0. The van der Waals surface area contributed by atoms with E-state index < -0.39 is 6.10 Å². The second kappa shape index (κ2) is 9.86. The van der Waals surface area contributed by atoms with Gasteiger partial charge in [-0.1, -0.05) is 19.9 Å². The molecule has 0 aliphatic heterocycles. The summed E-state index contributed by atoms with van der Waals surface area (Å²) in [6.45, 7) is 6.13. The normalized spacial score (nSPS) is 12.4. The molecule has 6 heteroatoms. The van der Waals surface area contributed by atoms with E-state index in [9.17, 15) is 9.90 Å². The first-order valence-electron chi connectivity index (χ1n) is 7.58. The molecule has 0 saturated carbocycles. The zero-order valence-electron chi connectivity index (χ0n) is 14.1. The van der Waals surface area contributed by atoms with Crippen molar-refractivity contribution in [3.05, 3.63) is 30.0 Å². The van der Waals surface area contributed by atoms with E-state index in [1.54, 1.807) is 31.5 Å². The number of hydrogen-bond acceptors (Lipinski definition) is 5. The van der Waals surface area contributed by atoms with Crippen molar-refractivity contribution in [1.29, 1.82) is 0 Å². The molecule has 0 aliphatic rings. The number of hydrogen-bond donors (Lipinski definition) is 3. The van der Waals surface area contributed by atoms with Gasteiger partial charge in [0.25, 0.3) is 0 Å². The quantitative estimate of drug-likeness (QED) is 0.643. The summed E-state index contributed by atoms with van der Waals surface area (Å²) in [4.78, 5) is 10.8. The van der Waals surface area contributed by atoms with Gasteiger partial charge in [0.05, 0.1) is 7.11 Å². The fraction of sp³-hybridized carbons (Fsp3) is 0.471. The molecule has 1 aromatic carbocycles. The van der Waals surface area contributed by atoms with E-state index in [2.05, 4.69) is 10.6 Å². The van der Waals surface area contributed by atoms with E-state index in [1.807, 2.05) is 19.9 Å². The zero-order chi connectivity index (χ0) is 17.2. The van der Waals surface area contributed by atoms with Crippen LogP contribution >= 0.6 is 0 Å². The lowest BCUT2D eigenvalue weighted by molar-refractivity contribution is -0.118. The highest BCUT2D eigenvalue weighted by atomic mass is 16.5. The molecule has 6 nitrogen and oxygen atoms in total. The summed E-state index contributed by atoms with van der Waals surface area (Å²) in [6, 6.07) is 5.73. The summed E-state index contributed by atoms with van der Waals surface area (Å²) in [5.74, 6) is 1.00. The first kappa shape index (κ1) is 19.0. The third kappa shape index (κ3) is 7.67. The molecular formula is C17H26N2O4. The Labute approximate surface area is 137 Å². The lowest BCUT2D eigenvalue weighted by Crippen LogP contribution is -2.35. The molecule has 128 valence electrons. The monoisotopic (exact) mass is 322 g/mol. The van der Waals surface area contributed by atoms with E-state index in [1.165, 1.54) is 6.92 Å². The van der Waals surface area contributed by atoms with Crippen molar-refractivity contribution in [3.63, 3.8) is 0 Å². The average molecular weight is 322 g/mol. The molecule has 0 radical (unpaired) electrons. The van der Waals surface area contributed by atoms with Gasteiger partial charge in [-0.25, -0.2) is 0 Å². The van der Waals surface area contributed by atoms with E-state index in [-0.39, 0.29) is 12.5 Å². The number of rotatable bonds is 9. The number of carbonyl (C=O) groups is 1. The molecular weight excluding hydrogens is 296 g/mol. The Hall–Kier alpha value is -2.05. The minimum absolute atomic E-state index is 0.128. The Bertz CT molecular complexity index is 529. The summed E-state index contributed by atoms with van der Waals surface area (Å²) < 4.78 is 10.9. The lowest BCUT2D eigenvalue weighted by atomic mass is 10.2. The number of benzene rings is 1. The topological polar surface area (TPSA) is 79.8 Å². The van der Waals surface area contributed by atoms with Crippen LogP contribution in [0.3, 0.4) is 0 Å². The van der Waals surface area contributed by atoms with Crippen LogP contribution in [0, 0.1) is 0 Å². The molecule has 0 spiro atoms. The van der Waals surface area contributed by atoms with Crippen LogP contribution in [0.4, 0.5) is 0 Å². The van der Waals surface area contributed by atoms with Crippen molar-refractivity contribution in [2.24, 2.45) is 0 Å². The number of methoxy groups -OCH3 is 1.